The van der Waals surface area contributed by atoms with E-state index in [9.17, 15) is 14.3 Å². The van der Waals surface area contributed by atoms with Gasteiger partial charge in [-0.3, -0.25) is 9.89 Å². The van der Waals surface area contributed by atoms with E-state index in [0.717, 1.165) is 47.8 Å². The Morgan fingerprint density at radius 3 is 2.56 bits per heavy atom. The van der Waals surface area contributed by atoms with Crippen molar-refractivity contribution >= 4 is 27.8 Å². The number of carbonyl (C=O) groups is 1. The Morgan fingerprint density at radius 2 is 1.91 bits per heavy atom. The Hall–Kier alpha value is -3.15. The molecule has 2 heterocycles. The zero-order chi connectivity index (χ0) is 22.2. The molecule has 2 aliphatic rings. The number of halogens is 1. The Kier molecular flexibility index (Phi) is 4.07. The lowest BCUT2D eigenvalue weighted by Crippen LogP contribution is -2.49. The first kappa shape index (κ1) is 19.5. The van der Waals surface area contributed by atoms with Gasteiger partial charge in [0, 0.05) is 22.2 Å². The van der Waals surface area contributed by atoms with Crippen molar-refractivity contribution in [1.82, 2.24) is 14.8 Å². The standard InChI is InChI=1S/C26H26FN3O2/c1-14(2)24-23(16-9-26(10-16)11-17(12-26)25(31)32)20-8-21-15(13-28-29-21)7-22(20)30(24)19-5-3-18(27)4-6-19/h3-8,13-14,16-17H,9-12H2,1-2H3,(H,28,29)(H,31,32). The van der Waals surface area contributed by atoms with Gasteiger partial charge >= 0.3 is 5.97 Å². The van der Waals surface area contributed by atoms with Gasteiger partial charge in [-0.05, 0) is 84.9 Å². The monoisotopic (exact) mass is 431 g/mol. The van der Waals surface area contributed by atoms with E-state index < -0.39 is 5.97 Å². The largest absolute Gasteiger partial charge is 0.481 e. The Labute approximate surface area is 185 Å². The van der Waals surface area contributed by atoms with E-state index in [1.165, 1.54) is 28.8 Å². The highest BCUT2D eigenvalue weighted by Gasteiger charge is 2.55. The fraction of sp³-hybridized carbons (Fsp3) is 0.385. The number of H-pyrrole nitrogens is 1. The van der Waals surface area contributed by atoms with E-state index in [1.54, 1.807) is 0 Å². The van der Waals surface area contributed by atoms with Crippen LogP contribution in [0, 0.1) is 17.2 Å². The summed E-state index contributed by atoms with van der Waals surface area (Å²) in [5, 5.41) is 18.9. The summed E-state index contributed by atoms with van der Waals surface area (Å²) < 4.78 is 16.0. The number of aliphatic carboxylic acids is 1. The maximum atomic E-state index is 13.7. The highest BCUT2D eigenvalue weighted by Crippen LogP contribution is 2.65. The number of fused-ring (bicyclic) bond motifs is 2. The molecule has 6 heteroatoms. The lowest BCUT2D eigenvalue weighted by Gasteiger charge is -2.57. The molecule has 0 radical (unpaired) electrons. The second-order valence-corrected chi connectivity index (χ2v) is 10.1. The zero-order valence-corrected chi connectivity index (χ0v) is 18.2. The Bertz CT molecular complexity index is 1350. The van der Waals surface area contributed by atoms with Crippen LogP contribution in [-0.2, 0) is 4.79 Å². The number of rotatable bonds is 4. The van der Waals surface area contributed by atoms with Gasteiger partial charge in [-0.25, -0.2) is 4.39 Å². The Balaban J connectivity index is 1.52. The van der Waals surface area contributed by atoms with Crippen LogP contribution in [-0.4, -0.2) is 25.8 Å². The summed E-state index contributed by atoms with van der Waals surface area (Å²) >= 11 is 0. The van der Waals surface area contributed by atoms with E-state index in [0.29, 0.717) is 5.92 Å². The third kappa shape index (κ3) is 2.74. The van der Waals surface area contributed by atoms with Gasteiger partial charge in [-0.1, -0.05) is 13.8 Å². The number of hydrogen-bond donors (Lipinski definition) is 2. The number of carboxylic acids is 1. The second kappa shape index (κ2) is 6.67. The molecule has 0 unspecified atom stereocenters. The molecule has 5 nitrogen and oxygen atoms in total. The molecule has 4 aromatic rings. The Morgan fingerprint density at radius 1 is 1.19 bits per heavy atom. The van der Waals surface area contributed by atoms with Gasteiger partial charge in [-0.15, -0.1) is 0 Å². The van der Waals surface area contributed by atoms with Crippen molar-refractivity contribution in [2.24, 2.45) is 11.3 Å². The minimum atomic E-state index is -0.656. The van der Waals surface area contributed by atoms with Crippen LogP contribution in [0.1, 0.15) is 62.6 Å². The van der Waals surface area contributed by atoms with Crippen LogP contribution in [0.25, 0.3) is 27.5 Å². The van der Waals surface area contributed by atoms with Crippen LogP contribution in [0.3, 0.4) is 0 Å². The second-order valence-electron chi connectivity index (χ2n) is 10.1. The van der Waals surface area contributed by atoms with Crippen LogP contribution in [0.15, 0.2) is 42.6 Å². The molecule has 2 N–H and O–H groups in total. The summed E-state index contributed by atoms with van der Waals surface area (Å²) in [5.41, 5.74) is 5.90. The lowest BCUT2D eigenvalue weighted by molar-refractivity contribution is -0.155. The van der Waals surface area contributed by atoms with Gasteiger partial charge in [0.2, 0.25) is 0 Å². The molecule has 2 aliphatic carbocycles. The maximum Gasteiger partial charge on any atom is 0.306 e. The normalized spacial score (nSPS) is 24.9. The van der Waals surface area contributed by atoms with Crippen molar-refractivity contribution in [3.63, 3.8) is 0 Å². The van der Waals surface area contributed by atoms with Gasteiger partial charge in [-0.2, -0.15) is 5.10 Å². The van der Waals surface area contributed by atoms with Crippen molar-refractivity contribution < 1.29 is 14.3 Å². The van der Waals surface area contributed by atoms with Crippen molar-refractivity contribution in [1.29, 1.82) is 0 Å². The number of nitrogens with zero attached hydrogens (tertiary/aromatic N) is 2. The minimum Gasteiger partial charge on any atom is -0.481 e. The van der Waals surface area contributed by atoms with Crippen molar-refractivity contribution in [3.8, 4) is 5.69 Å². The molecule has 0 amide bonds. The number of hydrogen-bond acceptors (Lipinski definition) is 2. The number of aromatic nitrogens is 3. The average molecular weight is 432 g/mol. The van der Waals surface area contributed by atoms with Crippen LogP contribution >= 0.6 is 0 Å². The molecular weight excluding hydrogens is 405 g/mol. The molecule has 6 rings (SSSR count). The van der Waals surface area contributed by atoms with E-state index in [1.807, 2.05) is 18.3 Å². The predicted molar refractivity (Wildman–Crippen MR) is 122 cm³/mol. The smallest absolute Gasteiger partial charge is 0.306 e. The van der Waals surface area contributed by atoms with Gasteiger partial charge < -0.3 is 9.67 Å². The lowest BCUT2D eigenvalue weighted by atomic mass is 9.47. The SMILES string of the molecule is CC(C)c1c(C2CC3(CC(C(=O)O)C3)C2)c2cc3[nH]ncc3cc2n1-c1ccc(F)cc1. The summed E-state index contributed by atoms with van der Waals surface area (Å²) in [6, 6.07) is 11.1. The number of benzene rings is 2. The quantitative estimate of drug-likeness (QED) is 0.408. The first-order valence-electron chi connectivity index (χ1n) is 11.4. The first-order chi connectivity index (χ1) is 15.3. The molecule has 0 bridgehead atoms. The molecule has 32 heavy (non-hydrogen) atoms. The molecule has 164 valence electrons. The topological polar surface area (TPSA) is 70.9 Å². The van der Waals surface area contributed by atoms with Crippen molar-refractivity contribution in [2.45, 2.75) is 51.4 Å². The van der Waals surface area contributed by atoms with Crippen LogP contribution in [0.2, 0.25) is 0 Å². The van der Waals surface area contributed by atoms with Gasteiger partial charge in [0.15, 0.2) is 0 Å². The molecule has 0 atom stereocenters. The van der Waals surface area contributed by atoms with Crippen molar-refractivity contribution in [2.75, 3.05) is 0 Å². The minimum absolute atomic E-state index is 0.175. The van der Waals surface area contributed by atoms with Crippen LogP contribution in [0.4, 0.5) is 4.39 Å². The van der Waals surface area contributed by atoms with E-state index in [-0.39, 0.29) is 23.1 Å². The molecule has 2 aromatic carbocycles. The van der Waals surface area contributed by atoms with E-state index in [2.05, 4.69) is 40.7 Å². The van der Waals surface area contributed by atoms with Crippen molar-refractivity contribution in [3.05, 3.63) is 59.7 Å². The first-order valence-corrected chi connectivity index (χ1v) is 11.4. The third-order valence-electron chi connectivity index (χ3n) is 7.71. The zero-order valence-electron chi connectivity index (χ0n) is 18.2. The van der Waals surface area contributed by atoms with Crippen LogP contribution < -0.4 is 0 Å². The van der Waals surface area contributed by atoms with Gasteiger partial charge in [0.25, 0.3) is 0 Å². The highest BCUT2D eigenvalue weighted by molar-refractivity contribution is 5.99. The van der Waals surface area contributed by atoms with Crippen LogP contribution in [0.5, 0.6) is 0 Å². The summed E-state index contributed by atoms with van der Waals surface area (Å²) in [4.78, 5) is 11.3. The molecule has 0 aliphatic heterocycles. The third-order valence-corrected chi connectivity index (χ3v) is 7.71. The maximum absolute atomic E-state index is 13.7. The average Bonchev–Trinajstić information content (AvgIpc) is 3.27. The number of carboxylic acid groups (broad SMARTS) is 1. The molecule has 2 saturated carbocycles. The van der Waals surface area contributed by atoms with Gasteiger partial charge in [0.05, 0.1) is 23.1 Å². The summed E-state index contributed by atoms with van der Waals surface area (Å²) in [6.07, 6.45) is 5.53. The van der Waals surface area contributed by atoms with E-state index in [4.69, 9.17) is 0 Å². The number of nitrogens with one attached hydrogen (secondary N) is 1. The summed E-state index contributed by atoms with van der Waals surface area (Å²) in [6.45, 7) is 4.42. The summed E-state index contributed by atoms with van der Waals surface area (Å²) in [5.74, 6) is -0.384. The summed E-state index contributed by atoms with van der Waals surface area (Å²) in [7, 11) is 0. The fourth-order valence-electron chi connectivity index (χ4n) is 6.32. The molecule has 2 aromatic heterocycles. The molecule has 2 fully saturated rings. The highest BCUT2D eigenvalue weighted by atomic mass is 19.1. The fourth-order valence-corrected chi connectivity index (χ4v) is 6.32. The molecular formula is C26H26FN3O2. The number of aromatic amines is 1. The molecule has 0 saturated heterocycles. The predicted octanol–water partition coefficient (Wildman–Crippen LogP) is 6.13. The molecule has 1 spiro atoms. The van der Waals surface area contributed by atoms with Gasteiger partial charge in [0.1, 0.15) is 5.82 Å². The van der Waals surface area contributed by atoms with E-state index >= 15 is 0 Å².